The van der Waals surface area contributed by atoms with E-state index in [0.29, 0.717) is 22.5 Å². The topological polar surface area (TPSA) is 71.0 Å². The Hall–Kier alpha value is -2.84. The number of phenolic OH excluding ortho intramolecular Hbond substituents is 1. The van der Waals surface area contributed by atoms with Crippen LogP contribution in [-0.2, 0) is 9.53 Å². The molecule has 152 valence electrons. The fourth-order valence-corrected chi connectivity index (χ4v) is 3.71. The number of benzene rings is 2. The highest BCUT2D eigenvalue weighted by Crippen LogP contribution is 2.37. The number of aromatic hydroxyl groups is 1. The van der Waals surface area contributed by atoms with Crippen LogP contribution in [0.5, 0.6) is 11.5 Å². The Morgan fingerprint density at radius 1 is 1.28 bits per heavy atom. The van der Waals surface area contributed by atoms with Crippen molar-refractivity contribution < 1.29 is 23.8 Å². The first-order chi connectivity index (χ1) is 13.8. The van der Waals surface area contributed by atoms with Gasteiger partial charge in [-0.1, -0.05) is 17.7 Å². The maximum absolute atomic E-state index is 13.6. The molecule has 3 rings (SSSR count). The monoisotopic (exact) mass is 436 g/mol. The van der Waals surface area contributed by atoms with Crippen molar-refractivity contribution in [2.75, 3.05) is 19.1 Å². The van der Waals surface area contributed by atoms with E-state index in [1.165, 1.54) is 38.5 Å². The van der Waals surface area contributed by atoms with Crippen LogP contribution in [0.15, 0.2) is 47.7 Å². The second-order valence-corrected chi connectivity index (χ2v) is 7.03. The smallest absolute Gasteiger partial charge is 0.337 e. The van der Waals surface area contributed by atoms with Gasteiger partial charge in [0.05, 0.1) is 30.9 Å². The standard InChI is InChI=1S/C20H18ClFN2O4S/c1-10-17(19(26)28-3)18(11-4-7-15(25)16(8-11)27-2)23-20(29)24(10)12-5-6-14(22)13(21)9-12/h4-9,18,25H,1-3H3,(H,23,29). The average molecular weight is 437 g/mol. The molecule has 0 bridgehead atoms. The molecule has 0 saturated carbocycles. The number of halogens is 2. The Morgan fingerprint density at radius 3 is 2.62 bits per heavy atom. The van der Waals surface area contributed by atoms with Gasteiger partial charge in [-0.3, -0.25) is 4.90 Å². The van der Waals surface area contributed by atoms with Crippen LogP contribution in [-0.4, -0.2) is 30.4 Å². The summed E-state index contributed by atoms with van der Waals surface area (Å²) in [6.07, 6.45) is 0. The number of esters is 1. The van der Waals surface area contributed by atoms with Gasteiger partial charge in [-0.15, -0.1) is 0 Å². The van der Waals surface area contributed by atoms with E-state index in [1.807, 2.05) is 0 Å². The molecule has 0 saturated heterocycles. The number of phenols is 1. The van der Waals surface area contributed by atoms with Gasteiger partial charge in [-0.05, 0) is 55.0 Å². The third-order valence-corrected chi connectivity index (χ3v) is 5.18. The maximum atomic E-state index is 13.6. The number of anilines is 1. The summed E-state index contributed by atoms with van der Waals surface area (Å²) < 4.78 is 23.7. The van der Waals surface area contributed by atoms with Crippen molar-refractivity contribution >= 4 is 40.6 Å². The third kappa shape index (κ3) is 3.86. The minimum atomic E-state index is -0.642. The van der Waals surface area contributed by atoms with Crippen molar-refractivity contribution in [3.63, 3.8) is 0 Å². The van der Waals surface area contributed by atoms with E-state index in [9.17, 15) is 14.3 Å². The molecule has 0 fully saturated rings. The number of hydrogen-bond donors (Lipinski definition) is 2. The molecule has 2 N–H and O–H groups in total. The predicted octanol–water partition coefficient (Wildman–Crippen LogP) is 4.08. The zero-order valence-electron chi connectivity index (χ0n) is 15.8. The van der Waals surface area contributed by atoms with E-state index in [1.54, 1.807) is 24.0 Å². The van der Waals surface area contributed by atoms with Crippen molar-refractivity contribution in [3.8, 4) is 11.5 Å². The van der Waals surface area contributed by atoms with E-state index in [4.69, 9.17) is 33.3 Å². The lowest BCUT2D eigenvalue weighted by Gasteiger charge is -2.37. The van der Waals surface area contributed by atoms with Crippen molar-refractivity contribution in [2.24, 2.45) is 0 Å². The molecule has 6 nitrogen and oxygen atoms in total. The van der Waals surface area contributed by atoms with Gasteiger partial charge in [-0.25, -0.2) is 9.18 Å². The Kier molecular flexibility index (Phi) is 5.95. The quantitative estimate of drug-likeness (QED) is 0.552. The van der Waals surface area contributed by atoms with Gasteiger partial charge in [0.2, 0.25) is 0 Å². The van der Waals surface area contributed by atoms with E-state index < -0.39 is 17.8 Å². The second kappa shape index (κ2) is 8.26. The molecule has 0 amide bonds. The molecule has 0 aliphatic carbocycles. The fraction of sp³-hybridized carbons (Fsp3) is 0.200. The molecule has 9 heteroatoms. The second-order valence-electron chi connectivity index (χ2n) is 6.24. The minimum absolute atomic E-state index is 0.0301. The number of hydrogen-bond acceptors (Lipinski definition) is 5. The highest BCUT2D eigenvalue weighted by atomic mass is 35.5. The van der Waals surface area contributed by atoms with E-state index >= 15 is 0 Å². The lowest BCUT2D eigenvalue weighted by molar-refractivity contribution is -0.136. The number of ether oxygens (including phenoxy) is 2. The molecule has 1 heterocycles. The molecular weight excluding hydrogens is 419 g/mol. The lowest BCUT2D eigenvalue weighted by Crippen LogP contribution is -2.48. The molecule has 0 spiro atoms. The van der Waals surface area contributed by atoms with Crippen LogP contribution in [0, 0.1) is 5.82 Å². The first-order valence-electron chi connectivity index (χ1n) is 8.50. The summed E-state index contributed by atoms with van der Waals surface area (Å²) in [7, 11) is 2.71. The van der Waals surface area contributed by atoms with Crippen LogP contribution in [0.2, 0.25) is 5.02 Å². The zero-order valence-corrected chi connectivity index (χ0v) is 17.4. The molecule has 29 heavy (non-hydrogen) atoms. The summed E-state index contributed by atoms with van der Waals surface area (Å²) in [6, 6.07) is 8.24. The highest BCUT2D eigenvalue weighted by Gasteiger charge is 2.35. The van der Waals surface area contributed by atoms with Crippen LogP contribution in [0.4, 0.5) is 10.1 Å². The van der Waals surface area contributed by atoms with Gasteiger partial charge >= 0.3 is 5.97 Å². The minimum Gasteiger partial charge on any atom is -0.504 e. The molecule has 1 unspecified atom stereocenters. The van der Waals surface area contributed by atoms with Crippen LogP contribution >= 0.6 is 23.8 Å². The van der Waals surface area contributed by atoms with Gasteiger partial charge in [0, 0.05) is 11.4 Å². The van der Waals surface area contributed by atoms with E-state index in [-0.39, 0.29) is 21.6 Å². The van der Waals surface area contributed by atoms with Gasteiger partial charge in [0.15, 0.2) is 16.6 Å². The number of nitrogens with zero attached hydrogens (tertiary/aromatic N) is 1. The molecule has 2 aromatic rings. The van der Waals surface area contributed by atoms with Crippen molar-refractivity contribution in [3.05, 3.63) is 64.1 Å². The summed E-state index contributed by atoms with van der Waals surface area (Å²) in [4.78, 5) is 14.2. The Balaban J connectivity index is 2.15. The number of thiocarbonyl (C=S) groups is 1. The highest BCUT2D eigenvalue weighted by molar-refractivity contribution is 7.80. The summed E-state index contributed by atoms with van der Waals surface area (Å²) in [5.41, 5.74) is 1.93. The summed E-state index contributed by atoms with van der Waals surface area (Å²) >= 11 is 11.4. The fourth-order valence-electron chi connectivity index (χ4n) is 3.18. The molecule has 1 aliphatic rings. The number of nitrogens with one attached hydrogen (secondary N) is 1. The number of rotatable bonds is 4. The number of methoxy groups -OCH3 is 2. The van der Waals surface area contributed by atoms with Gasteiger partial charge in [0.25, 0.3) is 0 Å². The molecule has 1 atom stereocenters. The maximum Gasteiger partial charge on any atom is 0.337 e. The normalized spacial score (nSPS) is 16.5. The third-order valence-electron chi connectivity index (χ3n) is 4.59. The molecule has 0 aromatic heterocycles. The molecule has 1 aliphatic heterocycles. The van der Waals surface area contributed by atoms with Gasteiger partial charge in [-0.2, -0.15) is 0 Å². The molecule has 0 radical (unpaired) electrons. The average Bonchev–Trinajstić information content (AvgIpc) is 2.70. The van der Waals surface area contributed by atoms with Crippen LogP contribution < -0.4 is 15.0 Å². The van der Waals surface area contributed by atoms with Gasteiger partial charge < -0.3 is 19.9 Å². The Morgan fingerprint density at radius 2 is 2.00 bits per heavy atom. The Labute approximate surface area is 177 Å². The number of carbonyl (C=O) groups excluding carboxylic acids is 1. The summed E-state index contributed by atoms with van der Waals surface area (Å²) in [6.45, 7) is 1.71. The van der Waals surface area contributed by atoms with Crippen LogP contribution in [0.1, 0.15) is 18.5 Å². The lowest BCUT2D eigenvalue weighted by atomic mass is 9.94. The van der Waals surface area contributed by atoms with Crippen LogP contribution in [0.25, 0.3) is 0 Å². The first-order valence-corrected chi connectivity index (χ1v) is 9.28. The largest absolute Gasteiger partial charge is 0.504 e. The van der Waals surface area contributed by atoms with E-state index in [2.05, 4.69) is 5.32 Å². The van der Waals surface area contributed by atoms with Crippen molar-refractivity contribution in [1.82, 2.24) is 5.32 Å². The molecule has 2 aromatic carbocycles. The zero-order chi connectivity index (χ0) is 21.3. The number of carbonyl (C=O) groups is 1. The van der Waals surface area contributed by atoms with Crippen molar-refractivity contribution in [2.45, 2.75) is 13.0 Å². The first kappa shape index (κ1) is 20.9. The van der Waals surface area contributed by atoms with Crippen LogP contribution in [0.3, 0.4) is 0 Å². The molecular formula is C20H18ClFN2O4S. The van der Waals surface area contributed by atoms with E-state index in [0.717, 1.165) is 0 Å². The summed E-state index contributed by atoms with van der Waals surface area (Å²) in [5.74, 6) is -0.898. The number of allylic oxidation sites excluding steroid dienone is 1. The van der Waals surface area contributed by atoms with Crippen molar-refractivity contribution in [1.29, 1.82) is 0 Å². The predicted molar refractivity (Wildman–Crippen MR) is 112 cm³/mol. The SMILES string of the molecule is COC(=O)C1=C(C)N(c2ccc(F)c(Cl)c2)C(=S)NC1c1ccc(O)c(OC)c1. The van der Waals surface area contributed by atoms with Gasteiger partial charge in [0.1, 0.15) is 5.82 Å². The Bertz CT molecular complexity index is 1030. The summed E-state index contributed by atoms with van der Waals surface area (Å²) in [5, 5.41) is 13.2.